The third-order valence-corrected chi connectivity index (χ3v) is 6.72. The van der Waals surface area contributed by atoms with Gasteiger partial charge in [0.2, 0.25) is 0 Å². The molecule has 6 heteroatoms. The summed E-state index contributed by atoms with van der Waals surface area (Å²) in [4.78, 5) is 42.0. The van der Waals surface area contributed by atoms with Crippen LogP contribution in [0, 0.1) is 0 Å². The summed E-state index contributed by atoms with van der Waals surface area (Å²) in [5.74, 6) is -0.420. The number of carbonyl (C=O) groups excluding carboxylic acids is 3. The zero-order chi connectivity index (χ0) is 29.0. The molecule has 0 radical (unpaired) electrons. The fourth-order valence-electron chi connectivity index (χ4n) is 4.55. The molecule has 0 saturated carbocycles. The molecule has 1 N–H and O–H groups in total. The summed E-state index contributed by atoms with van der Waals surface area (Å²) in [5.41, 5.74) is 6.02. The van der Waals surface area contributed by atoms with E-state index in [-0.39, 0.29) is 24.5 Å². The predicted octanol–water partition coefficient (Wildman–Crippen LogP) is 6.14. The van der Waals surface area contributed by atoms with Crippen molar-refractivity contribution in [2.75, 3.05) is 13.7 Å². The Kier molecular flexibility index (Phi) is 10.5. The lowest BCUT2D eigenvalue weighted by atomic mass is 9.99. The summed E-state index contributed by atoms with van der Waals surface area (Å²) in [6.07, 6.45) is 0.505. The number of aliphatic imine (C=N–C) groups is 1. The van der Waals surface area contributed by atoms with Gasteiger partial charge in [0, 0.05) is 36.2 Å². The van der Waals surface area contributed by atoms with E-state index in [9.17, 15) is 14.4 Å². The minimum Gasteiger partial charge on any atom is -0.467 e. The lowest BCUT2D eigenvalue weighted by Gasteiger charge is -2.13. The van der Waals surface area contributed by atoms with Crippen molar-refractivity contribution < 1.29 is 19.1 Å². The molecule has 4 aromatic rings. The van der Waals surface area contributed by atoms with Crippen LogP contribution in [0.1, 0.15) is 45.2 Å². The standard InChI is InChI=1S/C35H34N2O4/c1-25(20-33(38)29-11-5-3-6-12-29)37-32(35(40)41-2)22-26-16-18-28(19-17-26)31-15-9-10-27(21-31)23-36-24-34(39)30-13-7-4-8-14-30/h3-19,21,32,36H,20,22-24H2,1-2H3/t32-/m0/s1. The van der Waals surface area contributed by atoms with Crippen molar-refractivity contribution in [3.05, 3.63) is 131 Å². The number of nitrogens with zero attached hydrogens (tertiary/aromatic N) is 1. The first kappa shape index (κ1) is 29.3. The number of ketones is 2. The summed E-state index contributed by atoms with van der Waals surface area (Å²) in [6, 6.07) is 33.8. The molecule has 208 valence electrons. The molecule has 0 unspecified atom stereocenters. The predicted molar refractivity (Wildman–Crippen MR) is 162 cm³/mol. The largest absolute Gasteiger partial charge is 0.467 e. The normalized spacial score (nSPS) is 12.0. The van der Waals surface area contributed by atoms with Crippen LogP contribution in [-0.4, -0.2) is 42.9 Å². The molecule has 1 atom stereocenters. The summed E-state index contributed by atoms with van der Waals surface area (Å²) in [7, 11) is 1.35. The third-order valence-electron chi connectivity index (χ3n) is 6.72. The van der Waals surface area contributed by atoms with E-state index < -0.39 is 12.0 Å². The molecule has 0 aromatic heterocycles. The molecule has 0 amide bonds. The van der Waals surface area contributed by atoms with Gasteiger partial charge in [0.1, 0.15) is 0 Å². The van der Waals surface area contributed by atoms with Crippen molar-refractivity contribution >= 4 is 23.2 Å². The Morgan fingerprint density at radius 3 is 2.00 bits per heavy atom. The van der Waals surface area contributed by atoms with Crippen LogP contribution in [0.4, 0.5) is 0 Å². The van der Waals surface area contributed by atoms with Crippen LogP contribution in [0.15, 0.2) is 114 Å². The fraction of sp³-hybridized carbons (Fsp3) is 0.200. The number of rotatable bonds is 13. The van der Waals surface area contributed by atoms with Gasteiger partial charge in [-0.2, -0.15) is 0 Å². The lowest BCUT2D eigenvalue weighted by molar-refractivity contribution is -0.142. The molecule has 41 heavy (non-hydrogen) atoms. The van der Waals surface area contributed by atoms with Crippen molar-refractivity contribution in [2.45, 2.75) is 32.4 Å². The Bertz CT molecular complexity index is 1500. The van der Waals surface area contributed by atoms with Crippen LogP contribution >= 0.6 is 0 Å². The molecule has 0 saturated heterocycles. The van der Waals surface area contributed by atoms with Gasteiger partial charge in [-0.25, -0.2) is 4.79 Å². The van der Waals surface area contributed by atoms with Crippen molar-refractivity contribution in [1.82, 2.24) is 5.32 Å². The van der Waals surface area contributed by atoms with Crippen molar-refractivity contribution in [3.8, 4) is 11.1 Å². The second-order valence-electron chi connectivity index (χ2n) is 9.86. The lowest BCUT2D eigenvalue weighted by Crippen LogP contribution is -2.24. The highest BCUT2D eigenvalue weighted by atomic mass is 16.5. The second kappa shape index (κ2) is 14.6. The molecule has 0 aliphatic heterocycles. The molecule has 0 bridgehead atoms. The molecular formula is C35H34N2O4. The number of nitrogens with one attached hydrogen (secondary N) is 1. The Morgan fingerprint density at radius 2 is 1.37 bits per heavy atom. The topological polar surface area (TPSA) is 84.8 Å². The maximum absolute atomic E-state index is 12.6. The van der Waals surface area contributed by atoms with Crippen LogP contribution in [-0.2, 0) is 22.5 Å². The van der Waals surface area contributed by atoms with Gasteiger partial charge in [0.05, 0.1) is 13.7 Å². The van der Waals surface area contributed by atoms with Crippen LogP contribution in [0.2, 0.25) is 0 Å². The highest BCUT2D eigenvalue weighted by Gasteiger charge is 2.20. The van der Waals surface area contributed by atoms with Gasteiger partial charge in [-0.05, 0) is 35.2 Å². The van der Waals surface area contributed by atoms with Crippen molar-refractivity contribution in [3.63, 3.8) is 0 Å². The van der Waals surface area contributed by atoms with Gasteiger partial charge >= 0.3 is 5.97 Å². The van der Waals surface area contributed by atoms with E-state index in [1.165, 1.54) is 7.11 Å². The van der Waals surface area contributed by atoms with Crippen LogP contribution in [0.5, 0.6) is 0 Å². The molecule has 0 spiro atoms. The van der Waals surface area contributed by atoms with E-state index in [1.807, 2.05) is 91.0 Å². The third kappa shape index (κ3) is 8.65. The summed E-state index contributed by atoms with van der Waals surface area (Å²) < 4.78 is 5.00. The quantitative estimate of drug-likeness (QED) is 0.124. The summed E-state index contributed by atoms with van der Waals surface area (Å²) >= 11 is 0. The van der Waals surface area contributed by atoms with E-state index >= 15 is 0 Å². The summed E-state index contributed by atoms with van der Waals surface area (Å²) in [6.45, 7) is 2.61. The maximum Gasteiger partial charge on any atom is 0.330 e. The van der Waals surface area contributed by atoms with E-state index in [2.05, 4.69) is 16.4 Å². The van der Waals surface area contributed by atoms with Gasteiger partial charge in [-0.15, -0.1) is 0 Å². The molecule has 0 fully saturated rings. The number of methoxy groups -OCH3 is 1. The first-order valence-electron chi connectivity index (χ1n) is 13.6. The minimum absolute atomic E-state index is 0.0416. The highest BCUT2D eigenvalue weighted by Crippen LogP contribution is 2.22. The van der Waals surface area contributed by atoms with E-state index in [1.54, 1.807) is 19.1 Å². The van der Waals surface area contributed by atoms with Gasteiger partial charge < -0.3 is 10.1 Å². The molecule has 0 aliphatic carbocycles. The average Bonchev–Trinajstić information content (AvgIpc) is 3.01. The fourth-order valence-corrected chi connectivity index (χ4v) is 4.55. The number of esters is 1. The first-order chi connectivity index (χ1) is 19.9. The Balaban J connectivity index is 1.37. The first-order valence-corrected chi connectivity index (χ1v) is 13.6. The van der Waals surface area contributed by atoms with Gasteiger partial charge in [-0.1, -0.05) is 103 Å². The molecule has 0 heterocycles. The number of carbonyl (C=O) groups is 3. The molecular weight excluding hydrogens is 512 g/mol. The number of ether oxygens (including phenoxy) is 1. The van der Waals surface area contributed by atoms with Crippen molar-refractivity contribution in [1.29, 1.82) is 0 Å². The van der Waals surface area contributed by atoms with Gasteiger partial charge in [0.25, 0.3) is 0 Å². The molecule has 0 aliphatic rings. The van der Waals surface area contributed by atoms with Crippen LogP contribution < -0.4 is 5.32 Å². The molecule has 4 rings (SSSR count). The number of hydrogen-bond donors (Lipinski definition) is 1. The zero-order valence-corrected chi connectivity index (χ0v) is 23.4. The Hall–Kier alpha value is -4.68. The average molecular weight is 547 g/mol. The summed E-state index contributed by atoms with van der Waals surface area (Å²) in [5, 5.41) is 3.24. The van der Waals surface area contributed by atoms with Crippen LogP contribution in [0.3, 0.4) is 0 Å². The highest BCUT2D eigenvalue weighted by molar-refractivity contribution is 6.09. The Labute approximate surface area is 241 Å². The number of benzene rings is 4. The monoisotopic (exact) mass is 546 g/mol. The van der Waals surface area contributed by atoms with Crippen LogP contribution in [0.25, 0.3) is 11.1 Å². The SMILES string of the molecule is COC(=O)[C@H](Cc1ccc(-c2cccc(CNCC(=O)c3ccccc3)c2)cc1)N=C(C)CC(=O)c1ccccc1. The van der Waals surface area contributed by atoms with E-state index in [4.69, 9.17) is 4.74 Å². The van der Waals surface area contributed by atoms with Gasteiger partial charge in [0.15, 0.2) is 17.6 Å². The smallest absolute Gasteiger partial charge is 0.330 e. The zero-order valence-electron chi connectivity index (χ0n) is 23.4. The van der Waals surface area contributed by atoms with E-state index in [0.717, 1.165) is 22.3 Å². The van der Waals surface area contributed by atoms with Crippen molar-refractivity contribution in [2.24, 2.45) is 4.99 Å². The number of hydrogen-bond acceptors (Lipinski definition) is 6. The number of Topliss-reactive ketones (excluding diaryl/α,β-unsaturated/α-hetero) is 2. The second-order valence-corrected chi connectivity index (χ2v) is 9.86. The minimum atomic E-state index is -0.734. The van der Waals surface area contributed by atoms with Gasteiger partial charge in [-0.3, -0.25) is 14.6 Å². The maximum atomic E-state index is 12.6. The molecule has 4 aromatic carbocycles. The molecule has 6 nitrogen and oxygen atoms in total. The Morgan fingerprint density at radius 1 is 0.732 bits per heavy atom. The van der Waals surface area contributed by atoms with E-state index in [0.29, 0.717) is 29.8 Å².